The summed E-state index contributed by atoms with van der Waals surface area (Å²) in [5, 5.41) is 0.266. The predicted molar refractivity (Wildman–Crippen MR) is 75.1 cm³/mol. The van der Waals surface area contributed by atoms with E-state index in [1.165, 1.54) is 0 Å². The zero-order valence-electron chi connectivity index (χ0n) is 11.1. The minimum absolute atomic E-state index is 0.266. The van der Waals surface area contributed by atoms with Crippen molar-refractivity contribution in [2.75, 3.05) is 36.8 Å². The summed E-state index contributed by atoms with van der Waals surface area (Å²) in [6.07, 6.45) is 0. The van der Waals surface area contributed by atoms with Crippen molar-refractivity contribution in [3.05, 3.63) is 11.0 Å². The molecule has 0 radical (unpaired) electrons. The zero-order valence-corrected chi connectivity index (χ0v) is 11.9. The lowest BCUT2D eigenvalue weighted by Crippen LogP contribution is -2.52. The molecule has 1 aromatic heterocycles. The fourth-order valence-corrected chi connectivity index (χ4v) is 2.64. The molecule has 2 N–H and O–H groups in total. The Balaban J connectivity index is 2.23. The van der Waals surface area contributed by atoms with Crippen molar-refractivity contribution in [1.29, 1.82) is 0 Å². The standard InChI is InChI=1S/C12H20ClN5/c1-4-17-5-6-18(7-8(17)2)11-10(14)9(3)15-12(13)16-11/h8H,4-7,14H2,1-3H3. The highest BCUT2D eigenvalue weighted by Crippen LogP contribution is 2.26. The molecule has 1 aliphatic rings. The number of halogens is 1. The molecule has 18 heavy (non-hydrogen) atoms. The summed E-state index contributed by atoms with van der Waals surface area (Å²) in [6.45, 7) is 10.2. The van der Waals surface area contributed by atoms with Crippen molar-refractivity contribution in [2.45, 2.75) is 26.8 Å². The van der Waals surface area contributed by atoms with E-state index in [0.29, 0.717) is 11.7 Å². The minimum Gasteiger partial charge on any atom is -0.394 e. The topological polar surface area (TPSA) is 58.3 Å². The normalized spacial score (nSPS) is 21.3. The van der Waals surface area contributed by atoms with Gasteiger partial charge in [0.1, 0.15) is 0 Å². The van der Waals surface area contributed by atoms with Gasteiger partial charge < -0.3 is 10.6 Å². The van der Waals surface area contributed by atoms with E-state index in [1.807, 2.05) is 6.92 Å². The lowest BCUT2D eigenvalue weighted by Gasteiger charge is -2.40. The Bertz CT molecular complexity index is 437. The maximum Gasteiger partial charge on any atom is 0.224 e. The summed E-state index contributed by atoms with van der Waals surface area (Å²) < 4.78 is 0. The van der Waals surface area contributed by atoms with E-state index in [2.05, 4.69) is 33.6 Å². The lowest BCUT2D eigenvalue weighted by molar-refractivity contribution is 0.199. The Kier molecular flexibility index (Phi) is 3.92. The van der Waals surface area contributed by atoms with E-state index >= 15 is 0 Å². The van der Waals surface area contributed by atoms with E-state index in [9.17, 15) is 0 Å². The van der Waals surface area contributed by atoms with Crippen LogP contribution in [0.4, 0.5) is 11.5 Å². The molecule has 1 aliphatic heterocycles. The second-order valence-electron chi connectivity index (χ2n) is 4.74. The molecule has 2 rings (SSSR count). The molecule has 0 bridgehead atoms. The second-order valence-corrected chi connectivity index (χ2v) is 5.08. The summed E-state index contributed by atoms with van der Waals surface area (Å²) in [5.74, 6) is 0.773. The minimum atomic E-state index is 0.266. The Labute approximate surface area is 113 Å². The quantitative estimate of drug-likeness (QED) is 0.826. The number of nitrogens with zero attached hydrogens (tertiary/aromatic N) is 4. The molecule has 0 amide bonds. The summed E-state index contributed by atoms with van der Waals surface area (Å²) >= 11 is 5.92. The zero-order chi connectivity index (χ0) is 13.3. The molecule has 5 nitrogen and oxygen atoms in total. The van der Waals surface area contributed by atoms with Gasteiger partial charge in [-0.2, -0.15) is 4.98 Å². The molecule has 1 saturated heterocycles. The fourth-order valence-electron chi connectivity index (χ4n) is 2.43. The second kappa shape index (κ2) is 5.28. The van der Waals surface area contributed by atoms with Gasteiger partial charge in [-0.3, -0.25) is 4.90 Å². The molecule has 1 unspecified atom stereocenters. The van der Waals surface area contributed by atoms with Gasteiger partial charge in [-0.25, -0.2) is 4.98 Å². The highest BCUT2D eigenvalue weighted by molar-refractivity contribution is 6.28. The van der Waals surface area contributed by atoms with E-state index in [1.54, 1.807) is 0 Å². The molecular formula is C12H20ClN5. The van der Waals surface area contributed by atoms with Gasteiger partial charge >= 0.3 is 0 Å². The van der Waals surface area contributed by atoms with Crippen LogP contribution in [0.2, 0.25) is 5.28 Å². The van der Waals surface area contributed by atoms with E-state index in [-0.39, 0.29) is 5.28 Å². The third kappa shape index (κ3) is 2.52. The van der Waals surface area contributed by atoms with Crippen LogP contribution < -0.4 is 10.6 Å². The maximum absolute atomic E-state index is 6.06. The number of rotatable bonds is 2. The number of nitrogen functional groups attached to an aromatic ring is 1. The molecular weight excluding hydrogens is 250 g/mol. The van der Waals surface area contributed by atoms with E-state index in [0.717, 1.165) is 37.7 Å². The largest absolute Gasteiger partial charge is 0.394 e. The third-order valence-electron chi connectivity index (χ3n) is 3.56. The van der Waals surface area contributed by atoms with Crippen molar-refractivity contribution >= 4 is 23.1 Å². The first-order valence-corrected chi connectivity index (χ1v) is 6.69. The summed E-state index contributed by atoms with van der Waals surface area (Å²) in [6, 6.07) is 0.497. The van der Waals surface area contributed by atoms with Crippen LogP contribution in [0.15, 0.2) is 0 Å². The summed E-state index contributed by atoms with van der Waals surface area (Å²) in [5.41, 5.74) is 7.44. The van der Waals surface area contributed by atoms with Gasteiger partial charge in [0.2, 0.25) is 5.28 Å². The van der Waals surface area contributed by atoms with Crippen LogP contribution in [0.1, 0.15) is 19.5 Å². The number of piperazine rings is 1. The van der Waals surface area contributed by atoms with Crippen LogP contribution in [-0.2, 0) is 0 Å². The summed E-state index contributed by atoms with van der Waals surface area (Å²) in [7, 11) is 0. The number of anilines is 2. The molecule has 1 fully saturated rings. The number of nitrogens with two attached hydrogens (primary N) is 1. The van der Waals surface area contributed by atoms with Crippen LogP contribution >= 0.6 is 11.6 Å². The Morgan fingerprint density at radius 3 is 2.72 bits per heavy atom. The number of hydrogen-bond donors (Lipinski definition) is 1. The number of aryl methyl sites for hydroxylation is 1. The van der Waals surface area contributed by atoms with Crippen LogP contribution in [0.5, 0.6) is 0 Å². The number of likely N-dealkylation sites (N-methyl/N-ethyl adjacent to an activating group) is 1. The highest BCUT2D eigenvalue weighted by atomic mass is 35.5. The van der Waals surface area contributed by atoms with E-state index in [4.69, 9.17) is 17.3 Å². The third-order valence-corrected chi connectivity index (χ3v) is 3.73. The fraction of sp³-hybridized carbons (Fsp3) is 0.667. The average Bonchev–Trinajstić information content (AvgIpc) is 2.33. The average molecular weight is 270 g/mol. The monoisotopic (exact) mass is 269 g/mol. The van der Waals surface area contributed by atoms with Gasteiger partial charge in [0.05, 0.1) is 11.4 Å². The predicted octanol–water partition coefficient (Wildman–Crippen LogP) is 1.55. The molecule has 100 valence electrons. The van der Waals surface area contributed by atoms with Gasteiger partial charge in [0, 0.05) is 25.7 Å². The SMILES string of the molecule is CCN1CCN(c2nc(Cl)nc(C)c2N)CC1C. The first kappa shape index (κ1) is 13.4. The van der Waals surface area contributed by atoms with Crippen LogP contribution in [0.3, 0.4) is 0 Å². The Morgan fingerprint density at radius 2 is 2.11 bits per heavy atom. The molecule has 0 saturated carbocycles. The van der Waals surface area contributed by atoms with Gasteiger partial charge in [-0.1, -0.05) is 6.92 Å². The molecule has 0 aliphatic carbocycles. The van der Waals surface area contributed by atoms with Gasteiger partial charge in [-0.05, 0) is 32.0 Å². The number of aromatic nitrogens is 2. The van der Waals surface area contributed by atoms with Crippen molar-refractivity contribution in [3.8, 4) is 0 Å². The molecule has 6 heteroatoms. The first-order chi connectivity index (χ1) is 8.52. The van der Waals surface area contributed by atoms with Crippen LogP contribution in [0.25, 0.3) is 0 Å². The van der Waals surface area contributed by atoms with Crippen molar-refractivity contribution in [2.24, 2.45) is 0 Å². The summed E-state index contributed by atoms with van der Waals surface area (Å²) in [4.78, 5) is 13.0. The molecule has 0 spiro atoms. The Hall–Kier alpha value is -1.07. The van der Waals surface area contributed by atoms with Gasteiger partial charge in [-0.15, -0.1) is 0 Å². The highest BCUT2D eigenvalue weighted by Gasteiger charge is 2.25. The smallest absolute Gasteiger partial charge is 0.224 e. The van der Waals surface area contributed by atoms with Crippen molar-refractivity contribution in [3.63, 3.8) is 0 Å². The van der Waals surface area contributed by atoms with Crippen molar-refractivity contribution in [1.82, 2.24) is 14.9 Å². The van der Waals surface area contributed by atoms with E-state index < -0.39 is 0 Å². The van der Waals surface area contributed by atoms with Gasteiger partial charge in [0.15, 0.2) is 5.82 Å². The Morgan fingerprint density at radius 1 is 1.39 bits per heavy atom. The molecule has 1 atom stereocenters. The van der Waals surface area contributed by atoms with Gasteiger partial charge in [0.25, 0.3) is 0 Å². The van der Waals surface area contributed by atoms with Crippen LogP contribution in [-0.4, -0.2) is 47.1 Å². The molecule has 2 heterocycles. The van der Waals surface area contributed by atoms with Crippen molar-refractivity contribution < 1.29 is 0 Å². The van der Waals surface area contributed by atoms with Crippen LogP contribution in [0, 0.1) is 6.92 Å². The maximum atomic E-state index is 6.06. The molecule has 1 aromatic rings. The first-order valence-electron chi connectivity index (χ1n) is 6.31. The molecule has 0 aromatic carbocycles. The number of hydrogen-bond acceptors (Lipinski definition) is 5. The lowest BCUT2D eigenvalue weighted by atomic mass is 10.2.